The SMILES string of the molecule is OCCN(Cc1ccccc1)c1nccnc1Cl. The first kappa shape index (κ1) is 12.8. The van der Waals surface area contributed by atoms with Gasteiger partial charge in [0.05, 0.1) is 6.61 Å². The molecule has 0 amide bonds. The zero-order chi connectivity index (χ0) is 12.8. The first-order chi connectivity index (χ1) is 8.81. The summed E-state index contributed by atoms with van der Waals surface area (Å²) in [6.45, 7) is 1.15. The zero-order valence-corrected chi connectivity index (χ0v) is 10.6. The smallest absolute Gasteiger partial charge is 0.171 e. The van der Waals surface area contributed by atoms with Gasteiger partial charge in [0.25, 0.3) is 0 Å². The molecular weight excluding hydrogens is 250 g/mol. The van der Waals surface area contributed by atoms with E-state index in [1.165, 1.54) is 0 Å². The van der Waals surface area contributed by atoms with Gasteiger partial charge < -0.3 is 10.0 Å². The van der Waals surface area contributed by atoms with Gasteiger partial charge in [0.2, 0.25) is 0 Å². The number of aliphatic hydroxyl groups excluding tert-OH is 1. The Balaban J connectivity index is 2.21. The summed E-state index contributed by atoms with van der Waals surface area (Å²) in [5.41, 5.74) is 1.13. The van der Waals surface area contributed by atoms with Crippen molar-refractivity contribution in [3.63, 3.8) is 0 Å². The fraction of sp³-hybridized carbons (Fsp3) is 0.231. The molecule has 1 aromatic carbocycles. The second kappa shape index (κ2) is 6.33. The number of benzene rings is 1. The molecule has 0 saturated carbocycles. The lowest BCUT2D eigenvalue weighted by Crippen LogP contribution is -2.27. The van der Waals surface area contributed by atoms with E-state index in [1.807, 2.05) is 35.2 Å². The number of nitrogens with zero attached hydrogens (tertiary/aromatic N) is 3. The second-order valence-corrected chi connectivity index (χ2v) is 4.16. The molecule has 1 N–H and O–H groups in total. The Labute approximate surface area is 111 Å². The van der Waals surface area contributed by atoms with Gasteiger partial charge in [-0.15, -0.1) is 0 Å². The Hall–Kier alpha value is -1.65. The summed E-state index contributed by atoms with van der Waals surface area (Å²) >= 11 is 6.02. The van der Waals surface area contributed by atoms with E-state index in [1.54, 1.807) is 12.4 Å². The van der Waals surface area contributed by atoms with Crippen molar-refractivity contribution in [2.24, 2.45) is 0 Å². The molecule has 2 aromatic rings. The summed E-state index contributed by atoms with van der Waals surface area (Å²) in [7, 11) is 0. The van der Waals surface area contributed by atoms with Gasteiger partial charge in [0, 0.05) is 25.5 Å². The van der Waals surface area contributed by atoms with Crippen LogP contribution in [-0.4, -0.2) is 28.2 Å². The van der Waals surface area contributed by atoms with Crippen molar-refractivity contribution >= 4 is 17.4 Å². The maximum atomic E-state index is 9.13. The van der Waals surface area contributed by atoms with Gasteiger partial charge >= 0.3 is 0 Å². The van der Waals surface area contributed by atoms with Crippen molar-refractivity contribution in [1.82, 2.24) is 9.97 Å². The quantitative estimate of drug-likeness (QED) is 0.898. The first-order valence-corrected chi connectivity index (χ1v) is 6.05. The highest BCUT2D eigenvalue weighted by Gasteiger charge is 2.12. The number of hydrogen-bond donors (Lipinski definition) is 1. The van der Waals surface area contributed by atoms with E-state index in [0.29, 0.717) is 24.1 Å². The molecule has 4 nitrogen and oxygen atoms in total. The highest BCUT2D eigenvalue weighted by atomic mass is 35.5. The summed E-state index contributed by atoms with van der Waals surface area (Å²) < 4.78 is 0. The minimum atomic E-state index is 0.0414. The molecule has 0 unspecified atom stereocenters. The minimum Gasteiger partial charge on any atom is -0.395 e. The average Bonchev–Trinajstić information content (AvgIpc) is 2.40. The Bertz CT molecular complexity index is 493. The van der Waals surface area contributed by atoms with Crippen LogP contribution in [0, 0.1) is 0 Å². The third-order valence-electron chi connectivity index (χ3n) is 2.52. The number of anilines is 1. The standard InChI is InChI=1S/C13H14ClN3O/c14-12-13(16-7-6-15-12)17(8-9-18)10-11-4-2-1-3-5-11/h1-7,18H,8-10H2. The van der Waals surface area contributed by atoms with Gasteiger partial charge in [-0.05, 0) is 5.56 Å². The van der Waals surface area contributed by atoms with Crippen molar-refractivity contribution in [2.45, 2.75) is 6.54 Å². The van der Waals surface area contributed by atoms with Crippen LogP contribution in [-0.2, 0) is 6.54 Å². The number of rotatable bonds is 5. The van der Waals surface area contributed by atoms with E-state index in [-0.39, 0.29) is 6.61 Å². The van der Waals surface area contributed by atoms with E-state index in [4.69, 9.17) is 16.7 Å². The lowest BCUT2D eigenvalue weighted by molar-refractivity contribution is 0.301. The van der Waals surface area contributed by atoms with Crippen LogP contribution in [0.2, 0.25) is 5.15 Å². The van der Waals surface area contributed by atoms with Gasteiger partial charge in [-0.2, -0.15) is 0 Å². The Morgan fingerprint density at radius 1 is 1.11 bits per heavy atom. The van der Waals surface area contributed by atoms with Crippen molar-refractivity contribution in [3.05, 3.63) is 53.4 Å². The summed E-state index contributed by atoms with van der Waals surface area (Å²) in [4.78, 5) is 10.1. The molecule has 5 heteroatoms. The van der Waals surface area contributed by atoms with Crippen LogP contribution >= 0.6 is 11.6 Å². The van der Waals surface area contributed by atoms with Gasteiger partial charge in [-0.3, -0.25) is 0 Å². The number of hydrogen-bond acceptors (Lipinski definition) is 4. The lowest BCUT2D eigenvalue weighted by Gasteiger charge is -2.23. The third kappa shape index (κ3) is 3.18. The molecule has 1 aromatic heterocycles. The summed E-state index contributed by atoms with van der Waals surface area (Å²) in [6, 6.07) is 9.97. The van der Waals surface area contributed by atoms with Crippen LogP contribution in [0.4, 0.5) is 5.82 Å². The topological polar surface area (TPSA) is 49.2 Å². The van der Waals surface area contributed by atoms with Crippen molar-refractivity contribution < 1.29 is 5.11 Å². The molecule has 94 valence electrons. The normalized spacial score (nSPS) is 10.3. The average molecular weight is 264 g/mol. The molecule has 2 rings (SSSR count). The van der Waals surface area contributed by atoms with Crippen molar-refractivity contribution in [3.8, 4) is 0 Å². The number of aliphatic hydroxyl groups is 1. The molecule has 0 aliphatic carbocycles. The predicted octanol–water partition coefficient (Wildman–Crippen LogP) is 2.13. The molecular formula is C13H14ClN3O. The first-order valence-electron chi connectivity index (χ1n) is 5.67. The van der Waals surface area contributed by atoms with Crippen LogP contribution in [0.5, 0.6) is 0 Å². The van der Waals surface area contributed by atoms with E-state index in [9.17, 15) is 0 Å². The Kier molecular flexibility index (Phi) is 4.50. The molecule has 0 aliphatic heterocycles. The number of halogens is 1. The maximum absolute atomic E-state index is 9.13. The molecule has 0 fully saturated rings. The minimum absolute atomic E-state index is 0.0414. The van der Waals surface area contributed by atoms with Gasteiger partial charge in [-0.1, -0.05) is 41.9 Å². The molecule has 18 heavy (non-hydrogen) atoms. The monoisotopic (exact) mass is 263 g/mol. The summed E-state index contributed by atoms with van der Waals surface area (Å²) in [5, 5.41) is 9.48. The zero-order valence-electron chi connectivity index (χ0n) is 9.83. The molecule has 0 spiro atoms. The largest absolute Gasteiger partial charge is 0.395 e. The summed E-state index contributed by atoms with van der Waals surface area (Å²) in [5.74, 6) is 0.595. The Morgan fingerprint density at radius 3 is 2.50 bits per heavy atom. The summed E-state index contributed by atoms with van der Waals surface area (Å²) in [6.07, 6.45) is 3.14. The van der Waals surface area contributed by atoms with Crippen LogP contribution in [0.15, 0.2) is 42.7 Å². The van der Waals surface area contributed by atoms with E-state index >= 15 is 0 Å². The molecule has 0 radical (unpaired) electrons. The van der Waals surface area contributed by atoms with E-state index in [0.717, 1.165) is 5.56 Å². The van der Waals surface area contributed by atoms with Crippen LogP contribution in [0.1, 0.15) is 5.56 Å². The fourth-order valence-electron chi connectivity index (χ4n) is 1.71. The second-order valence-electron chi connectivity index (χ2n) is 3.80. The van der Waals surface area contributed by atoms with Gasteiger partial charge in [0.1, 0.15) is 0 Å². The lowest BCUT2D eigenvalue weighted by atomic mass is 10.2. The van der Waals surface area contributed by atoms with Crippen LogP contribution < -0.4 is 4.90 Å². The highest BCUT2D eigenvalue weighted by Crippen LogP contribution is 2.21. The van der Waals surface area contributed by atoms with Gasteiger partial charge in [0.15, 0.2) is 11.0 Å². The van der Waals surface area contributed by atoms with Crippen LogP contribution in [0.25, 0.3) is 0 Å². The van der Waals surface area contributed by atoms with Crippen LogP contribution in [0.3, 0.4) is 0 Å². The molecule has 0 saturated heterocycles. The van der Waals surface area contributed by atoms with E-state index < -0.39 is 0 Å². The molecule has 0 aliphatic rings. The molecule has 0 atom stereocenters. The predicted molar refractivity (Wildman–Crippen MR) is 71.6 cm³/mol. The Morgan fingerprint density at radius 2 is 1.83 bits per heavy atom. The highest BCUT2D eigenvalue weighted by molar-refractivity contribution is 6.31. The van der Waals surface area contributed by atoms with Gasteiger partial charge in [-0.25, -0.2) is 9.97 Å². The fourth-order valence-corrected chi connectivity index (χ4v) is 1.93. The van der Waals surface area contributed by atoms with Crippen molar-refractivity contribution in [1.29, 1.82) is 0 Å². The maximum Gasteiger partial charge on any atom is 0.171 e. The third-order valence-corrected chi connectivity index (χ3v) is 2.79. The number of aromatic nitrogens is 2. The molecule has 1 heterocycles. The molecule has 0 bridgehead atoms. The van der Waals surface area contributed by atoms with E-state index in [2.05, 4.69) is 9.97 Å². The van der Waals surface area contributed by atoms with Crippen molar-refractivity contribution in [2.75, 3.05) is 18.1 Å².